The van der Waals surface area contributed by atoms with Crippen LogP contribution in [0.25, 0.3) is 0 Å². The fraction of sp³-hybridized carbons (Fsp3) is 0.320. The van der Waals surface area contributed by atoms with Gasteiger partial charge in [-0.05, 0) is 54.8 Å². The molecule has 0 radical (unpaired) electrons. The maximum absolute atomic E-state index is 13.0. The molecule has 3 aromatic rings. The molecule has 0 bridgehead atoms. The van der Waals surface area contributed by atoms with E-state index < -0.39 is 17.7 Å². The topological polar surface area (TPSA) is 83.6 Å². The average Bonchev–Trinajstić information content (AvgIpc) is 3.35. The normalized spacial score (nSPS) is 15.9. The minimum Gasteiger partial charge on any atom is -0.497 e. The van der Waals surface area contributed by atoms with Crippen LogP contribution in [-0.4, -0.2) is 41.9 Å². The Balaban J connectivity index is 1.32. The highest BCUT2D eigenvalue weighted by atomic mass is 32.1. The van der Waals surface area contributed by atoms with Crippen molar-refractivity contribution in [3.05, 3.63) is 70.7 Å². The van der Waals surface area contributed by atoms with Crippen LogP contribution in [0.2, 0.25) is 0 Å². The van der Waals surface area contributed by atoms with E-state index in [0.29, 0.717) is 35.8 Å². The van der Waals surface area contributed by atoms with Gasteiger partial charge in [-0.25, -0.2) is 4.98 Å². The molecule has 4 rings (SSSR count). The van der Waals surface area contributed by atoms with E-state index in [9.17, 15) is 22.8 Å². The fourth-order valence-corrected chi connectivity index (χ4v) is 4.66. The van der Waals surface area contributed by atoms with Crippen molar-refractivity contribution < 1.29 is 27.5 Å². The van der Waals surface area contributed by atoms with Crippen molar-refractivity contribution >= 4 is 34.0 Å². The molecule has 2 N–H and O–H groups in total. The number of carbonyl (C=O) groups is 2. The Kier molecular flexibility index (Phi) is 7.78. The van der Waals surface area contributed by atoms with Gasteiger partial charge in [0, 0.05) is 30.7 Å². The number of halogens is 3. The lowest BCUT2D eigenvalue weighted by Crippen LogP contribution is -2.45. The predicted molar refractivity (Wildman–Crippen MR) is 130 cm³/mol. The zero-order chi connectivity index (χ0) is 25.7. The zero-order valence-corrected chi connectivity index (χ0v) is 20.3. The van der Waals surface area contributed by atoms with Crippen LogP contribution in [0, 0.1) is 5.92 Å². The molecular formula is C25H25F3N4O3S. The van der Waals surface area contributed by atoms with Crippen molar-refractivity contribution in [3.63, 3.8) is 0 Å². The standard InChI is InChI=1S/C25H25F3N4O3S/c1-35-20-9-7-19(8-10-20)30-24-31-21(15-36-24)23(34)32-11-3-5-17(14-32)22(33)29-13-16-4-2-6-18(12-16)25(26,27)28/h2,4,6-10,12,15,17H,3,5,11,13-14H2,1H3,(H,29,33)(H,30,31). The van der Waals surface area contributed by atoms with Crippen molar-refractivity contribution in [1.29, 1.82) is 0 Å². The summed E-state index contributed by atoms with van der Waals surface area (Å²) in [7, 11) is 1.59. The Labute approximate surface area is 210 Å². The highest BCUT2D eigenvalue weighted by Gasteiger charge is 2.31. The molecule has 2 heterocycles. The smallest absolute Gasteiger partial charge is 0.416 e. The first-order valence-corrected chi connectivity index (χ1v) is 12.2. The summed E-state index contributed by atoms with van der Waals surface area (Å²) in [6.07, 6.45) is -3.20. The minimum atomic E-state index is -4.44. The third kappa shape index (κ3) is 6.34. The van der Waals surface area contributed by atoms with E-state index in [1.807, 2.05) is 24.3 Å². The van der Waals surface area contributed by atoms with Crippen LogP contribution in [0.5, 0.6) is 5.75 Å². The number of hydrogen-bond acceptors (Lipinski definition) is 6. The minimum absolute atomic E-state index is 0.0142. The number of likely N-dealkylation sites (tertiary alicyclic amines) is 1. The summed E-state index contributed by atoms with van der Waals surface area (Å²) in [5, 5.41) is 8.10. The van der Waals surface area contributed by atoms with Gasteiger partial charge in [-0.2, -0.15) is 13.2 Å². The number of alkyl halides is 3. The third-order valence-corrected chi connectivity index (χ3v) is 6.62. The molecule has 0 aliphatic carbocycles. The molecule has 1 aromatic heterocycles. The number of nitrogens with zero attached hydrogens (tertiary/aromatic N) is 2. The van der Waals surface area contributed by atoms with Crippen LogP contribution in [0.4, 0.5) is 24.0 Å². The van der Waals surface area contributed by atoms with Crippen molar-refractivity contribution in [2.75, 3.05) is 25.5 Å². The van der Waals surface area contributed by atoms with E-state index in [2.05, 4.69) is 15.6 Å². The van der Waals surface area contributed by atoms with E-state index in [1.165, 1.54) is 23.5 Å². The second kappa shape index (κ2) is 11.0. The van der Waals surface area contributed by atoms with E-state index >= 15 is 0 Å². The molecule has 36 heavy (non-hydrogen) atoms. The number of ether oxygens (including phenoxy) is 1. The van der Waals surface area contributed by atoms with Crippen molar-refractivity contribution in [2.24, 2.45) is 5.92 Å². The summed E-state index contributed by atoms with van der Waals surface area (Å²) >= 11 is 1.30. The second-order valence-corrected chi connectivity index (χ2v) is 9.26. The van der Waals surface area contributed by atoms with Gasteiger partial charge in [-0.15, -0.1) is 11.3 Å². The molecule has 190 valence electrons. The third-order valence-electron chi connectivity index (χ3n) is 5.87. The molecular weight excluding hydrogens is 493 g/mol. The molecule has 0 saturated carbocycles. The first-order chi connectivity index (χ1) is 17.2. The van der Waals surface area contributed by atoms with Crippen molar-refractivity contribution in [1.82, 2.24) is 15.2 Å². The first kappa shape index (κ1) is 25.5. The van der Waals surface area contributed by atoms with E-state index in [-0.39, 0.29) is 24.9 Å². The van der Waals surface area contributed by atoms with Gasteiger partial charge in [0.15, 0.2) is 5.13 Å². The SMILES string of the molecule is COc1ccc(Nc2nc(C(=O)N3CCCC(C(=O)NCc4cccc(C(F)(F)F)c4)C3)cs2)cc1. The number of methoxy groups -OCH3 is 1. The quantitative estimate of drug-likeness (QED) is 0.456. The van der Waals surface area contributed by atoms with Gasteiger partial charge in [0.25, 0.3) is 5.91 Å². The molecule has 0 spiro atoms. The number of benzene rings is 2. The summed E-state index contributed by atoms with van der Waals surface area (Å²) in [6.45, 7) is 0.723. The Morgan fingerprint density at radius 2 is 1.97 bits per heavy atom. The maximum atomic E-state index is 13.0. The lowest BCUT2D eigenvalue weighted by Gasteiger charge is -2.31. The van der Waals surface area contributed by atoms with Crippen LogP contribution in [0.15, 0.2) is 53.9 Å². The molecule has 2 aromatic carbocycles. The van der Waals surface area contributed by atoms with Gasteiger partial charge >= 0.3 is 6.18 Å². The molecule has 1 fully saturated rings. The van der Waals surface area contributed by atoms with Gasteiger partial charge in [-0.1, -0.05) is 12.1 Å². The first-order valence-electron chi connectivity index (χ1n) is 11.3. The maximum Gasteiger partial charge on any atom is 0.416 e. The largest absolute Gasteiger partial charge is 0.497 e. The Hall–Kier alpha value is -3.60. The van der Waals surface area contributed by atoms with Crippen molar-refractivity contribution in [2.45, 2.75) is 25.6 Å². The van der Waals surface area contributed by atoms with Crippen LogP contribution in [0.3, 0.4) is 0 Å². The summed E-state index contributed by atoms with van der Waals surface area (Å²) in [6, 6.07) is 12.2. The number of thiazole rings is 1. The lowest BCUT2D eigenvalue weighted by molar-refractivity contribution is -0.137. The molecule has 1 atom stereocenters. The second-order valence-electron chi connectivity index (χ2n) is 8.40. The Morgan fingerprint density at radius 3 is 2.69 bits per heavy atom. The van der Waals surface area contributed by atoms with Crippen molar-refractivity contribution in [3.8, 4) is 5.75 Å². The van der Waals surface area contributed by atoms with Gasteiger partial charge in [0.1, 0.15) is 11.4 Å². The Bertz CT molecular complexity index is 1210. The molecule has 2 amide bonds. The summed E-state index contributed by atoms with van der Waals surface area (Å²) < 4.78 is 43.9. The van der Waals surface area contributed by atoms with Crippen LogP contribution in [0.1, 0.15) is 34.5 Å². The molecule has 1 aliphatic heterocycles. The fourth-order valence-electron chi connectivity index (χ4n) is 3.96. The number of carbonyl (C=O) groups excluding carboxylic acids is 2. The molecule has 1 unspecified atom stereocenters. The van der Waals surface area contributed by atoms with Crippen LogP contribution >= 0.6 is 11.3 Å². The van der Waals surface area contributed by atoms with E-state index in [4.69, 9.17) is 4.74 Å². The number of hydrogen-bond donors (Lipinski definition) is 2. The summed E-state index contributed by atoms with van der Waals surface area (Å²) in [4.78, 5) is 31.7. The zero-order valence-electron chi connectivity index (χ0n) is 19.5. The highest BCUT2D eigenvalue weighted by Crippen LogP contribution is 2.30. The Morgan fingerprint density at radius 1 is 1.19 bits per heavy atom. The molecule has 1 saturated heterocycles. The van der Waals surface area contributed by atoms with E-state index in [1.54, 1.807) is 17.4 Å². The average molecular weight is 519 g/mol. The monoisotopic (exact) mass is 518 g/mol. The lowest BCUT2D eigenvalue weighted by atomic mass is 9.96. The summed E-state index contributed by atoms with van der Waals surface area (Å²) in [5.74, 6) is -0.257. The van der Waals surface area contributed by atoms with E-state index in [0.717, 1.165) is 23.6 Å². The number of anilines is 2. The van der Waals surface area contributed by atoms with Gasteiger partial charge in [0.2, 0.25) is 5.91 Å². The number of aromatic nitrogens is 1. The van der Waals surface area contributed by atoms with Crippen LogP contribution in [-0.2, 0) is 17.5 Å². The number of rotatable bonds is 7. The van der Waals surface area contributed by atoms with Gasteiger partial charge in [-0.3, -0.25) is 9.59 Å². The number of nitrogens with one attached hydrogen (secondary N) is 2. The van der Waals surface area contributed by atoms with Gasteiger partial charge < -0.3 is 20.3 Å². The predicted octanol–water partition coefficient (Wildman–Crippen LogP) is 5.08. The highest BCUT2D eigenvalue weighted by molar-refractivity contribution is 7.14. The number of amides is 2. The van der Waals surface area contributed by atoms with Gasteiger partial charge in [0.05, 0.1) is 18.6 Å². The summed E-state index contributed by atoms with van der Waals surface area (Å²) in [5.41, 5.74) is 0.703. The molecule has 11 heteroatoms. The molecule has 1 aliphatic rings. The number of piperidine rings is 1. The molecule has 7 nitrogen and oxygen atoms in total. The van der Waals surface area contributed by atoms with Crippen LogP contribution < -0.4 is 15.4 Å².